The topological polar surface area (TPSA) is 169 Å². The molecule has 0 unspecified atom stereocenters. The van der Waals surface area contributed by atoms with Crippen LogP contribution in [0.25, 0.3) is 0 Å². The number of hydrogen-bond acceptors (Lipinski definition) is 8. The third kappa shape index (κ3) is 4.11. The molecule has 0 aliphatic carbocycles. The number of carbonyl (C=O) groups is 3. The normalized spacial score (nSPS) is 22.9. The number of benzene rings is 1. The molecular weight excluding hydrogens is 478 g/mol. The lowest BCUT2D eigenvalue weighted by atomic mass is 9.56. The van der Waals surface area contributed by atoms with Gasteiger partial charge < -0.3 is 24.4 Å². The zero-order valence-electron chi connectivity index (χ0n) is 20.8. The van der Waals surface area contributed by atoms with Gasteiger partial charge in [0.15, 0.2) is 11.5 Å². The Morgan fingerprint density at radius 1 is 1.11 bits per heavy atom. The van der Waals surface area contributed by atoms with E-state index in [1.54, 1.807) is 34.6 Å². The molecule has 3 rings (SSSR count). The molecule has 2 N–H and O–H groups in total. The Labute approximate surface area is 207 Å². The number of nitrogens with zero attached hydrogens (tertiary/aromatic N) is 3. The van der Waals surface area contributed by atoms with Crippen molar-refractivity contribution >= 4 is 23.8 Å². The van der Waals surface area contributed by atoms with Crippen molar-refractivity contribution in [2.75, 3.05) is 19.9 Å². The van der Waals surface area contributed by atoms with Gasteiger partial charge in [-0.25, -0.2) is 19.6 Å². The number of fused-ring (bicyclic) bond motifs is 1. The third-order valence-corrected chi connectivity index (χ3v) is 7.37. The minimum absolute atomic E-state index is 0.0839. The van der Waals surface area contributed by atoms with Crippen LogP contribution in [0.15, 0.2) is 12.1 Å². The van der Waals surface area contributed by atoms with Crippen LogP contribution in [0.1, 0.15) is 46.6 Å². The second-order valence-electron chi connectivity index (χ2n) is 9.57. The Kier molecular flexibility index (Phi) is 7.23. The average Bonchev–Trinajstić information content (AvgIpc) is 3.34. The highest BCUT2D eigenvalue weighted by Crippen LogP contribution is 2.58. The summed E-state index contributed by atoms with van der Waals surface area (Å²) in [5, 5.41) is 33.7. The molecule has 13 nitrogen and oxygen atoms in total. The van der Waals surface area contributed by atoms with Crippen molar-refractivity contribution in [1.29, 1.82) is 0 Å². The highest BCUT2D eigenvalue weighted by Gasteiger charge is 2.68. The zero-order valence-corrected chi connectivity index (χ0v) is 20.8. The van der Waals surface area contributed by atoms with Crippen LogP contribution in [0.5, 0.6) is 11.5 Å². The molecule has 2 heterocycles. The van der Waals surface area contributed by atoms with Gasteiger partial charge in [-0.1, -0.05) is 27.7 Å². The van der Waals surface area contributed by atoms with E-state index in [9.17, 15) is 34.7 Å². The minimum Gasteiger partial charge on any atom is -0.466 e. The summed E-state index contributed by atoms with van der Waals surface area (Å²) in [5.74, 6) is -1.19. The number of amides is 2. The average molecular weight is 510 g/mol. The molecule has 1 fully saturated rings. The summed E-state index contributed by atoms with van der Waals surface area (Å²) in [4.78, 5) is 49.2. The van der Waals surface area contributed by atoms with Gasteiger partial charge >= 0.3 is 18.2 Å². The maximum absolute atomic E-state index is 12.9. The molecular formula is C23H31N3O10. The SMILES string of the molecule is CCOC(=O)C[C@]1(C(C)C)CN(C(=O)O)N(C(=O)O)[C@]1(Cc1cc2c(cc1[N+](=O)[O-])OCO2)C(C)C. The molecule has 2 aliphatic rings. The van der Waals surface area contributed by atoms with Crippen LogP contribution >= 0.6 is 0 Å². The van der Waals surface area contributed by atoms with E-state index in [1.807, 2.05) is 0 Å². The lowest BCUT2D eigenvalue weighted by Gasteiger charge is -2.52. The maximum Gasteiger partial charge on any atom is 0.427 e. The molecule has 2 atom stereocenters. The first kappa shape index (κ1) is 26.8. The molecule has 0 bridgehead atoms. The number of hydrogen-bond donors (Lipinski definition) is 2. The van der Waals surface area contributed by atoms with Crippen molar-refractivity contribution in [2.24, 2.45) is 17.3 Å². The van der Waals surface area contributed by atoms with Crippen molar-refractivity contribution in [1.82, 2.24) is 10.0 Å². The van der Waals surface area contributed by atoms with Gasteiger partial charge in [0.05, 0.1) is 36.1 Å². The van der Waals surface area contributed by atoms with E-state index < -0.39 is 45.9 Å². The Bertz CT molecular complexity index is 1070. The largest absolute Gasteiger partial charge is 0.466 e. The van der Waals surface area contributed by atoms with E-state index in [0.717, 1.165) is 5.01 Å². The summed E-state index contributed by atoms with van der Waals surface area (Å²) in [6, 6.07) is 2.63. The third-order valence-electron chi connectivity index (χ3n) is 7.37. The summed E-state index contributed by atoms with van der Waals surface area (Å²) in [5.41, 5.74) is -3.07. The Morgan fingerprint density at radius 2 is 1.72 bits per heavy atom. The highest BCUT2D eigenvalue weighted by atomic mass is 16.7. The summed E-state index contributed by atoms with van der Waals surface area (Å²) in [6.45, 7) is 8.24. The van der Waals surface area contributed by atoms with Gasteiger partial charge in [-0.15, -0.1) is 0 Å². The Morgan fingerprint density at radius 3 is 2.19 bits per heavy atom. The van der Waals surface area contributed by atoms with Crippen molar-refractivity contribution in [3.8, 4) is 11.5 Å². The zero-order chi connectivity index (χ0) is 27.0. The molecule has 1 saturated heterocycles. The minimum atomic E-state index is -1.59. The standard InChI is InChI=1S/C23H31N3O10/c1-6-34-19(27)10-22(13(2)3)11-24(20(28)29)25(21(30)31)23(22,14(4)5)9-15-7-17-18(36-12-35-17)8-16(15)26(32)33/h7-8,13-14H,6,9-12H2,1-5H3,(H,28,29)(H,30,31)/t22-,23-/m1/s1. The predicted octanol–water partition coefficient (Wildman–Crippen LogP) is 3.75. The number of ether oxygens (including phenoxy) is 3. The molecule has 13 heteroatoms. The van der Waals surface area contributed by atoms with Gasteiger partial charge in [0, 0.05) is 17.4 Å². The van der Waals surface area contributed by atoms with Crippen LogP contribution in [-0.4, -0.2) is 68.8 Å². The molecule has 2 amide bonds. The van der Waals surface area contributed by atoms with Gasteiger partial charge in [0.25, 0.3) is 5.69 Å². The van der Waals surface area contributed by atoms with Crippen LogP contribution in [0, 0.1) is 27.4 Å². The van der Waals surface area contributed by atoms with Gasteiger partial charge in [-0.3, -0.25) is 14.9 Å². The molecule has 0 spiro atoms. The van der Waals surface area contributed by atoms with Crippen LogP contribution in [0.4, 0.5) is 15.3 Å². The number of nitro benzene ring substituents is 1. The Balaban J connectivity index is 2.35. The first-order valence-electron chi connectivity index (χ1n) is 11.6. The van der Waals surface area contributed by atoms with Crippen LogP contribution < -0.4 is 9.47 Å². The number of rotatable bonds is 8. The van der Waals surface area contributed by atoms with Crippen LogP contribution in [0.3, 0.4) is 0 Å². The molecule has 1 aromatic rings. The second kappa shape index (κ2) is 9.70. The second-order valence-corrected chi connectivity index (χ2v) is 9.57. The van der Waals surface area contributed by atoms with E-state index in [-0.39, 0.29) is 55.5 Å². The molecule has 0 aromatic heterocycles. The van der Waals surface area contributed by atoms with E-state index >= 15 is 0 Å². The van der Waals surface area contributed by atoms with Crippen molar-refractivity contribution in [2.45, 2.75) is 53.0 Å². The number of nitro groups is 1. The number of carbonyl (C=O) groups excluding carboxylic acids is 1. The van der Waals surface area contributed by atoms with Crippen molar-refractivity contribution in [3.05, 3.63) is 27.8 Å². The van der Waals surface area contributed by atoms with Gasteiger partial charge in [0.2, 0.25) is 6.79 Å². The number of hydrazine groups is 1. The van der Waals surface area contributed by atoms with E-state index in [2.05, 4.69) is 0 Å². The summed E-state index contributed by atoms with van der Waals surface area (Å²) in [7, 11) is 0. The molecule has 2 aliphatic heterocycles. The molecule has 0 radical (unpaired) electrons. The summed E-state index contributed by atoms with van der Waals surface area (Å²) >= 11 is 0. The molecule has 198 valence electrons. The smallest absolute Gasteiger partial charge is 0.427 e. The van der Waals surface area contributed by atoms with Gasteiger partial charge in [0.1, 0.15) is 0 Å². The van der Waals surface area contributed by atoms with Crippen LogP contribution in [-0.2, 0) is 16.0 Å². The first-order valence-corrected chi connectivity index (χ1v) is 11.6. The predicted molar refractivity (Wildman–Crippen MR) is 124 cm³/mol. The van der Waals surface area contributed by atoms with Crippen molar-refractivity contribution in [3.63, 3.8) is 0 Å². The lowest BCUT2D eigenvalue weighted by Crippen LogP contribution is -2.64. The monoisotopic (exact) mass is 509 g/mol. The molecule has 0 saturated carbocycles. The number of esters is 1. The first-order chi connectivity index (χ1) is 16.8. The fraction of sp³-hybridized carbons (Fsp3) is 0.609. The maximum atomic E-state index is 12.9. The molecule has 1 aromatic carbocycles. The fourth-order valence-electron chi connectivity index (χ4n) is 5.74. The highest BCUT2D eigenvalue weighted by molar-refractivity contribution is 5.76. The van der Waals surface area contributed by atoms with Crippen LogP contribution in [0.2, 0.25) is 0 Å². The van der Waals surface area contributed by atoms with Crippen molar-refractivity contribution < 1.29 is 43.7 Å². The summed E-state index contributed by atoms with van der Waals surface area (Å²) < 4.78 is 15.9. The van der Waals surface area contributed by atoms with E-state index in [1.165, 1.54) is 12.1 Å². The Hall–Kier alpha value is -3.77. The van der Waals surface area contributed by atoms with E-state index in [4.69, 9.17) is 14.2 Å². The van der Waals surface area contributed by atoms with Gasteiger partial charge in [-0.05, 0) is 24.8 Å². The lowest BCUT2D eigenvalue weighted by molar-refractivity contribution is -0.385. The van der Waals surface area contributed by atoms with E-state index in [0.29, 0.717) is 5.01 Å². The number of carboxylic acid groups (broad SMARTS) is 2. The fourth-order valence-corrected chi connectivity index (χ4v) is 5.74. The molecule has 36 heavy (non-hydrogen) atoms. The quantitative estimate of drug-likeness (QED) is 0.299. The van der Waals surface area contributed by atoms with Gasteiger partial charge in [-0.2, -0.15) is 0 Å². The summed E-state index contributed by atoms with van der Waals surface area (Å²) in [6.07, 6.45) is -3.62.